The molecule has 0 atom stereocenters. The molecule has 2 aliphatic rings. The van der Waals surface area contributed by atoms with Gasteiger partial charge in [-0.2, -0.15) is 0 Å². The SMILES string of the molecule is CC(C)(C)OC(=O)N1Cc2cccc(N3CCCOCC3)c2C1. The van der Waals surface area contributed by atoms with Crippen LogP contribution in [0.1, 0.15) is 38.3 Å². The van der Waals surface area contributed by atoms with Crippen LogP contribution in [0, 0.1) is 0 Å². The van der Waals surface area contributed by atoms with Crippen LogP contribution in [0.2, 0.25) is 0 Å². The lowest BCUT2D eigenvalue weighted by atomic mass is 10.1. The number of hydrogen-bond donors (Lipinski definition) is 0. The Kier molecular flexibility index (Phi) is 4.48. The summed E-state index contributed by atoms with van der Waals surface area (Å²) in [4.78, 5) is 16.5. The highest BCUT2D eigenvalue weighted by atomic mass is 16.6. The maximum absolute atomic E-state index is 12.3. The minimum atomic E-state index is -0.461. The molecular formula is C18H26N2O3. The van der Waals surface area contributed by atoms with Gasteiger partial charge < -0.3 is 14.4 Å². The van der Waals surface area contributed by atoms with Crippen LogP contribution in [-0.2, 0) is 22.6 Å². The Balaban J connectivity index is 1.77. The van der Waals surface area contributed by atoms with E-state index in [0.29, 0.717) is 13.1 Å². The molecule has 5 heteroatoms. The first kappa shape index (κ1) is 16.1. The molecule has 2 aliphatic heterocycles. The van der Waals surface area contributed by atoms with Gasteiger partial charge in [0.1, 0.15) is 5.60 Å². The highest BCUT2D eigenvalue weighted by Crippen LogP contribution is 2.33. The van der Waals surface area contributed by atoms with Crippen molar-refractivity contribution in [1.29, 1.82) is 0 Å². The van der Waals surface area contributed by atoms with E-state index in [2.05, 4.69) is 23.1 Å². The fourth-order valence-corrected chi connectivity index (χ4v) is 3.14. The quantitative estimate of drug-likeness (QED) is 0.797. The topological polar surface area (TPSA) is 42.0 Å². The number of ether oxygens (including phenoxy) is 2. The lowest BCUT2D eigenvalue weighted by Gasteiger charge is -2.25. The number of nitrogens with zero attached hydrogens (tertiary/aromatic N) is 2. The molecule has 23 heavy (non-hydrogen) atoms. The molecule has 0 radical (unpaired) electrons. The van der Waals surface area contributed by atoms with E-state index in [1.54, 1.807) is 4.90 Å². The monoisotopic (exact) mass is 318 g/mol. The summed E-state index contributed by atoms with van der Waals surface area (Å²) in [5, 5.41) is 0. The van der Waals surface area contributed by atoms with E-state index in [1.807, 2.05) is 20.8 Å². The summed E-state index contributed by atoms with van der Waals surface area (Å²) in [7, 11) is 0. The summed E-state index contributed by atoms with van der Waals surface area (Å²) < 4.78 is 11.1. The molecule has 1 aromatic carbocycles. The predicted molar refractivity (Wildman–Crippen MR) is 89.6 cm³/mol. The maximum atomic E-state index is 12.3. The standard InChI is InChI=1S/C18H26N2O3/c1-18(2,3)23-17(21)20-12-14-6-4-7-16(15(14)13-20)19-8-5-10-22-11-9-19/h4,6-7H,5,8-13H2,1-3H3. The summed E-state index contributed by atoms with van der Waals surface area (Å²) in [5.41, 5.74) is 3.24. The lowest BCUT2D eigenvalue weighted by Crippen LogP contribution is -2.33. The third-order valence-electron chi connectivity index (χ3n) is 4.17. The van der Waals surface area contributed by atoms with Crippen molar-refractivity contribution < 1.29 is 14.3 Å². The van der Waals surface area contributed by atoms with Crippen LogP contribution in [0.3, 0.4) is 0 Å². The lowest BCUT2D eigenvalue weighted by molar-refractivity contribution is 0.0242. The van der Waals surface area contributed by atoms with Crippen molar-refractivity contribution >= 4 is 11.8 Å². The molecule has 2 heterocycles. The molecule has 1 saturated heterocycles. The highest BCUT2D eigenvalue weighted by Gasteiger charge is 2.30. The van der Waals surface area contributed by atoms with Gasteiger partial charge in [0.05, 0.1) is 13.2 Å². The van der Waals surface area contributed by atoms with Gasteiger partial charge in [-0.3, -0.25) is 4.90 Å². The normalized spacial score (nSPS) is 18.6. The van der Waals surface area contributed by atoms with Gasteiger partial charge >= 0.3 is 6.09 Å². The van der Waals surface area contributed by atoms with Crippen molar-refractivity contribution in [2.45, 2.75) is 45.9 Å². The molecule has 0 aromatic heterocycles. The van der Waals surface area contributed by atoms with Gasteiger partial charge in [0.15, 0.2) is 0 Å². The Morgan fingerprint density at radius 3 is 2.78 bits per heavy atom. The Hall–Kier alpha value is -1.75. The molecule has 1 fully saturated rings. The number of carbonyl (C=O) groups is 1. The molecule has 0 N–H and O–H groups in total. The summed E-state index contributed by atoms with van der Waals surface area (Å²) in [6.07, 6.45) is 0.804. The van der Waals surface area contributed by atoms with E-state index in [-0.39, 0.29) is 6.09 Å². The zero-order valence-electron chi connectivity index (χ0n) is 14.3. The second-order valence-corrected chi connectivity index (χ2v) is 7.20. The molecule has 1 aromatic rings. The van der Waals surface area contributed by atoms with Crippen LogP contribution < -0.4 is 4.90 Å². The number of benzene rings is 1. The second kappa shape index (κ2) is 6.40. The molecule has 5 nitrogen and oxygen atoms in total. The first-order valence-corrected chi connectivity index (χ1v) is 8.35. The number of amides is 1. The van der Waals surface area contributed by atoms with Gasteiger partial charge in [0.2, 0.25) is 0 Å². The molecule has 3 rings (SSSR count). The van der Waals surface area contributed by atoms with E-state index in [9.17, 15) is 4.79 Å². The number of fused-ring (bicyclic) bond motifs is 1. The average Bonchev–Trinajstić information content (AvgIpc) is 2.73. The summed E-state index contributed by atoms with van der Waals surface area (Å²) in [5.74, 6) is 0. The Morgan fingerprint density at radius 2 is 2.00 bits per heavy atom. The maximum Gasteiger partial charge on any atom is 0.410 e. The fourth-order valence-electron chi connectivity index (χ4n) is 3.14. The number of anilines is 1. The van der Waals surface area contributed by atoms with Crippen molar-refractivity contribution in [3.8, 4) is 0 Å². The molecular weight excluding hydrogens is 292 g/mol. The smallest absolute Gasteiger partial charge is 0.410 e. The third-order valence-corrected chi connectivity index (χ3v) is 4.17. The first-order chi connectivity index (χ1) is 10.9. The summed E-state index contributed by atoms with van der Waals surface area (Å²) in [6, 6.07) is 6.35. The van der Waals surface area contributed by atoms with Gasteiger partial charge in [-0.15, -0.1) is 0 Å². The number of rotatable bonds is 1. The zero-order chi connectivity index (χ0) is 16.4. The van der Waals surface area contributed by atoms with Gasteiger partial charge in [0, 0.05) is 31.9 Å². The molecule has 0 saturated carbocycles. The van der Waals surface area contributed by atoms with Crippen molar-refractivity contribution in [3.05, 3.63) is 29.3 Å². The van der Waals surface area contributed by atoms with Crippen molar-refractivity contribution in [3.63, 3.8) is 0 Å². The average molecular weight is 318 g/mol. The Morgan fingerprint density at radius 1 is 1.17 bits per heavy atom. The van der Waals surface area contributed by atoms with Gasteiger partial charge in [-0.1, -0.05) is 12.1 Å². The number of hydrogen-bond acceptors (Lipinski definition) is 4. The van der Waals surface area contributed by atoms with E-state index >= 15 is 0 Å². The summed E-state index contributed by atoms with van der Waals surface area (Å²) >= 11 is 0. The van der Waals surface area contributed by atoms with Gasteiger partial charge in [-0.25, -0.2) is 4.79 Å². The van der Waals surface area contributed by atoms with Crippen LogP contribution in [0.25, 0.3) is 0 Å². The zero-order valence-corrected chi connectivity index (χ0v) is 14.3. The Labute approximate surface area is 138 Å². The summed E-state index contributed by atoms with van der Waals surface area (Å²) in [6.45, 7) is 10.4. The molecule has 0 spiro atoms. The first-order valence-electron chi connectivity index (χ1n) is 8.35. The minimum Gasteiger partial charge on any atom is -0.444 e. The van der Waals surface area contributed by atoms with E-state index < -0.39 is 5.60 Å². The molecule has 0 bridgehead atoms. The van der Waals surface area contributed by atoms with E-state index in [1.165, 1.54) is 16.8 Å². The largest absolute Gasteiger partial charge is 0.444 e. The van der Waals surface area contributed by atoms with Crippen LogP contribution in [0.5, 0.6) is 0 Å². The predicted octanol–water partition coefficient (Wildman–Crippen LogP) is 3.16. The highest BCUT2D eigenvalue weighted by molar-refractivity contribution is 5.71. The van der Waals surface area contributed by atoms with E-state index in [0.717, 1.165) is 32.7 Å². The molecule has 0 unspecified atom stereocenters. The van der Waals surface area contributed by atoms with E-state index in [4.69, 9.17) is 9.47 Å². The van der Waals surface area contributed by atoms with Crippen molar-refractivity contribution in [2.75, 3.05) is 31.2 Å². The Bertz CT molecular complexity index is 572. The van der Waals surface area contributed by atoms with Crippen molar-refractivity contribution in [1.82, 2.24) is 4.90 Å². The molecule has 0 aliphatic carbocycles. The fraction of sp³-hybridized carbons (Fsp3) is 0.611. The van der Waals surface area contributed by atoms with Crippen LogP contribution in [0.15, 0.2) is 18.2 Å². The van der Waals surface area contributed by atoms with Crippen molar-refractivity contribution in [2.24, 2.45) is 0 Å². The van der Waals surface area contributed by atoms with Crippen LogP contribution in [0.4, 0.5) is 10.5 Å². The van der Waals surface area contributed by atoms with Crippen LogP contribution >= 0.6 is 0 Å². The molecule has 1 amide bonds. The van der Waals surface area contributed by atoms with Gasteiger partial charge in [-0.05, 0) is 44.4 Å². The second-order valence-electron chi connectivity index (χ2n) is 7.20. The van der Waals surface area contributed by atoms with Gasteiger partial charge in [0.25, 0.3) is 0 Å². The van der Waals surface area contributed by atoms with Crippen LogP contribution in [-0.4, -0.2) is 42.9 Å². The third kappa shape index (κ3) is 3.78. The minimum absolute atomic E-state index is 0.237. The number of carbonyl (C=O) groups excluding carboxylic acids is 1. The molecule has 126 valence electrons.